The van der Waals surface area contributed by atoms with Crippen LogP contribution >= 0.6 is 0 Å². The van der Waals surface area contributed by atoms with E-state index in [9.17, 15) is 4.39 Å². The summed E-state index contributed by atoms with van der Waals surface area (Å²) in [6, 6.07) is 17.3. The Bertz CT molecular complexity index is 736. The summed E-state index contributed by atoms with van der Waals surface area (Å²) in [4.78, 5) is 8.12. The number of nitrogens with zero attached hydrogens (tertiary/aromatic N) is 1. The summed E-state index contributed by atoms with van der Waals surface area (Å²) in [5, 5.41) is 0. The molecule has 1 atom stereocenters. The zero-order chi connectivity index (χ0) is 17.8. The van der Waals surface area contributed by atoms with Crippen LogP contribution in [0, 0.1) is 11.7 Å². The van der Waals surface area contributed by atoms with Gasteiger partial charge in [0.1, 0.15) is 11.9 Å². The lowest BCUT2D eigenvalue weighted by atomic mass is 9.90. The molecule has 0 saturated carbocycles. The molecule has 2 aromatic rings. The second-order valence-electron chi connectivity index (χ2n) is 7.29. The fourth-order valence-corrected chi connectivity index (χ4v) is 3.83. The minimum Gasteiger partial charge on any atom is -0.298 e. The number of rotatable bonds is 5. The normalized spacial score (nSPS) is 21.4. The Hall–Kier alpha value is -2.17. The molecular weight excluding hydrogens is 327 g/mol. The Labute approximate surface area is 154 Å². The highest BCUT2D eigenvalue weighted by atomic mass is 19.1. The molecule has 136 valence electrons. The maximum absolute atomic E-state index is 13.1. The van der Waals surface area contributed by atoms with E-state index in [-0.39, 0.29) is 11.9 Å². The van der Waals surface area contributed by atoms with Crippen LogP contribution in [0.4, 0.5) is 4.39 Å². The maximum atomic E-state index is 13.1. The van der Waals surface area contributed by atoms with Gasteiger partial charge in [0, 0.05) is 6.54 Å². The molecule has 0 aromatic heterocycles. The third kappa shape index (κ3) is 4.32. The van der Waals surface area contributed by atoms with E-state index in [4.69, 9.17) is 4.84 Å². The molecule has 0 bridgehead atoms. The number of piperidine rings is 1. The van der Waals surface area contributed by atoms with E-state index >= 15 is 0 Å². The van der Waals surface area contributed by atoms with Crippen molar-refractivity contribution in [1.82, 2.24) is 10.4 Å². The molecule has 2 heterocycles. The first-order chi connectivity index (χ1) is 12.8. The van der Waals surface area contributed by atoms with Gasteiger partial charge < -0.3 is 0 Å². The Morgan fingerprint density at radius 1 is 1.00 bits per heavy atom. The molecule has 1 saturated heterocycles. The van der Waals surface area contributed by atoms with Crippen molar-refractivity contribution < 1.29 is 9.23 Å². The third-order valence-corrected chi connectivity index (χ3v) is 5.34. The van der Waals surface area contributed by atoms with E-state index in [1.54, 1.807) is 12.1 Å². The van der Waals surface area contributed by atoms with Gasteiger partial charge in [-0.3, -0.25) is 15.2 Å². The molecule has 0 spiro atoms. The van der Waals surface area contributed by atoms with Gasteiger partial charge in [-0.2, -0.15) is 0 Å². The molecule has 1 N–H and O–H groups in total. The molecule has 1 fully saturated rings. The molecule has 3 nitrogen and oxygen atoms in total. The van der Waals surface area contributed by atoms with Crippen LogP contribution in [-0.2, 0) is 11.3 Å². The topological polar surface area (TPSA) is 24.5 Å². The largest absolute Gasteiger partial charge is 0.298 e. The molecule has 2 aromatic carbocycles. The second-order valence-corrected chi connectivity index (χ2v) is 7.29. The highest BCUT2D eigenvalue weighted by molar-refractivity contribution is 5.25. The summed E-state index contributed by atoms with van der Waals surface area (Å²) in [6.07, 6.45) is 5.63. The van der Waals surface area contributed by atoms with Crippen molar-refractivity contribution in [3.63, 3.8) is 0 Å². The van der Waals surface area contributed by atoms with Crippen LogP contribution in [0.15, 0.2) is 66.4 Å². The van der Waals surface area contributed by atoms with E-state index in [0.717, 1.165) is 36.8 Å². The van der Waals surface area contributed by atoms with Crippen molar-refractivity contribution in [2.45, 2.75) is 25.4 Å². The Morgan fingerprint density at radius 3 is 2.46 bits per heavy atom. The second kappa shape index (κ2) is 8.02. The highest BCUT2D eigenvalue weighted by Gasteiger charge is 2.23. The molecule has 0 amide bonds. The van der Waals surface area contributed by atoms with E-state index in [1.165, 1.54) is 37.0 Å². The van der Waals surface area contributed by atoms with Crippen molar-refractivity contribution in [1.29, 1.82) is 0 Å². The summed E-state index contributed by atoms with van der Waals surface area (Å²) < 4.78 is 13.1. The van der Waals surface area contributed by atoms with Gasteiger partial charge in [-0.15, -0.1) is 0 Å². The molecule has 4 rings (SSSR count). The fourth-order valence-electron chi connectivity index (χ4n) is 3.83. The van der Waals surface area contributed by atoms with Crippen molar-refractivity contribution in [2.24, 2.45) is 5.92 Å². The highest BCUT2D eigenvalue weighted by Crippen LogP contribution is 2.26. The Kier molecular flexibility index (Phi) is 5.32. The smallest absolute Gasteiger partial charge is 0.131 e. The van der Waals surface area contributed by atoms with Crippen LogP contribution < -0.4 is 5.48 Å². The first-order valence-electron chi connectivity index (χ1n) is 9.40. The van der Waals surface area contributed by atoms with Crippen LogP contribution in [-0.4, -0.2) is 24.5 Å². The minimum atomic E-state index is -0.220. The average Bonchev–Trinajstić information content (AvgIpc) is 3.13. The molecule has 2 aliphatic rings. The Balaban J connectivity index is 1.27. The molecule has 2 aliphatic heterocycles. The monoisotopic (exact) mass is 352 g/mol. The van der Waals surface area contributed by atoms with Gasteiger partial charge in [-0.25, -0.2) is 4.39 Å². The van der Waals surface area contributed by atoms with Crippen LogP contribution in [0.1, 0.15) is 30.1 Å². The van der Waals surface area contributed by atoms with E-state index in [2.05, 4.69) is 46.8 Å². The van der Waals surface area contributed by atoms with Crippen LogP contribution in [0.3, 0.4) is 0 Å². The molecule has 4 heteroatoms. The van der Waals surface area contributed by atoms with Gasteiger partial charge in [-0.05, 0) is 67.6 Å². The fraction of sp³-hybridized carbons (Fsp3) is 0.364. The molecule has 0 radical (unpaired) electrons. The van der Waals surface area contributed by atoms with Crippen molar-refractivity contribution >= 4 is 0 Å². The number of likely N-dealkylation sites (tertiary alicyclic amines) is 1. The predicted molar refractivity (Wildman–Crippen MR) is 101 cm³/mol. The van der Waals surface area contributed by atoms with Crippen molar-refractivity contribution in [3.8, 4) is 0 Å². The van der Waals surface area contributed by atoms with Crippen molar-refractivity contribution in [3.05, 3.63) is 83.3 Å². The van der Waals surface area contributed by atoms with Gasteiger partial charge in [0.05, 0.1) is 5.70 Å². The summed E-state index contributed by atoms with van der Waals surface area (Å²) in [5.74, 6) is 0.560. The van der Waals surface area contributed by atoms with Crippen molar-refractivity contribution in [2.75, 3.05) is 19.6 Å². The summed E-state index contributed by atoms with van der Waals surface area (Å²) >= 11 is 0. The number of hydrogen-bond donors (Lipinski definition) is 1. The minimum absolute atomic E-state index is 0.138. The van der Waals surface area contributed by atoms with Gasteiger partial charge in [0.15, 0.2) is 0 Å². The number of halogens is 1. The first-order valence-corrected chi connectivity index (χ1v) is 9.40. The SMILES string of the molecule is Fc1ccc(C2C=C(CN3CCC(Cc4ccccc4)CC3)NO2)cc1. The zero-order valence-electron chi connectivity index (χ0n) is 14.9. The zero-order valence-corrected chi connectivity index (χ0v) is 14.9. The lowest BCUT2D eigenvalue weighted by Crippen LogP contribution is -2.37. The quantitative estimate of drug-likeness (QED) is 0.871. The maximum Gasteiger partial charge on any atom is 0.131 e. The number of nitrogens with one attached hydrogen (secondary N) is 1. The first kappa shape index (κ1) is 17.3. The van der Waals surface area contributed by atoms with Crippen LogP contribution in [0.25, 0.3) is 0 Å². The van der Waals surface area contributed by atoms with E-state index in [0.29, 0.717) is 0 Å². The average molecular weight is 352 g/mol. The summed E-state index contributed by atoms with van der Waals surface area (Å²) in [7, 11) is 0. The van der Waals surface area contributed by atoms with E-state index < -0.39 is 0 Å². The lowest BCUT2D eigenvalue weighted by Gasteiger charge is -2.32. The molecule has 0 aliphatic carbocycles. The standard InChI is InChI=1S/C22H25FN2O/c23-20-8-6-19(7-9-20)22-15-21(24-26-22)16-25-12-10-18(11-13-25)14-17-4-2-1-3-5-17/h1-9,15,18,22,24H,10-14,16H2. The lowest BCUT2D eigenvalue weighted by molar-refractivity contribution is 0.0380. The third-order valence-electron chi connectivity index (χ3n) is 5.34. The van der Waals surface area contributed by atoms with Gasteiger partial charge >= 0.3 is 0 Å². The summed E-state index contributed by atoms with van der Waals surface area (Å²) in [6.45, 7) is 3.13. The number of hydroxylamine groups is 1. The number of benzene rings is 2. The number of hydrogen-bond acceptors (Lipinski definition) is 3. The van der Waals surface area contributed by atoms with E-state index in [1.807, 2.05) is 0 Å². The van der Waals surface area contributed by atoms with Gasteiger partial charge in [-0.1, -0.05) is 42.5 Å². The molecular formula is C22H25FN2O. The van der Waals surface area contributed by atoms with Crippen LogP contribution in [0.5, 0.6) is 0 Å². The van der Waals surface area contributed by atoms with Gasteiger partial charge in [0.25, 0.3) is 0 Å². The predicted octanol–water partition coefficient (Wildman–Crippen LogP) is 4.24. The summed E-state index contributed by atoms with van der Waals surface area (Å²) in [5.41, 5.74) is 6.56. The molecule has 1 unspecified atom stereocenters. The van der Waals surface area contributed by atoms with Gasteiger partial charge in [0.2, 0.25) is 0 Å². The Morgan fingerprint density at radius 2 is 1.73 bits per heavy atom. The van der Waals surface area contributed by atoms with Crippen LogP contribution in [0.2, 0.25) is 0 Å². The molecule has 26 heavy (non-hydrogen) atoms.